The number of hydrogen-bond acceptors (Lipinski definition) is 7. The van der Waals surface area contributed by atoms with Gasteiger partial charge in [-0.15, -0.1) is 0 Å². The molecule has 8 heteroatoms. The molecule has 1 aromatic heterocycles. The number of anilines is 1. The normalized spacial score (nSPS) is 14.4. The molecule has 1 aliphatic rings. The lowest BCUT2D eigenvalue weighted by Crippen LogP contribution is -2.44. The molecule has 2 rings (SSSR count). The van der Waals surface area contributed by atoms with Crippen molar-refractivity contribution in [2.75, 3.05) is 31.1 Å². The van der Waals surface area contributed by atoms with E-state index in [1.807, 2.05) is 0 Å². The first kappa shape index (κ1) is 19.3. The fraction of sp³-hybridized carbons (Fsp3) is 0.647. The number of hydroxylamine groups is 1. The Hall–Kier alpha value is -2.06. The molecule has 1 saturated heterocycles. The SMILES string of the molecule is O=C(CCCCCCCC(=O)c1cnc(N2CCNCC2)nc1)NO. The summed E-state index contributed by atoms with van der Waals surface area (Å²) in [6, 6.07) is 0. The second kappa shape index (κ2) is 10.7. The number of nitrogens with one attached hydrogen (secondary N) is 2. The van der Waals surface area contributed by atoms with Gasteiger partial charge in [0.2, 0.25) is 11.9 Å². The molecule has 3 N–H and O–H groups in total. The molecule has 0 aliphatic carbocycles. The topological polar surface area (TPSA) is 107 Å². The van der Waals surface area contributed by atoms with Crippen LogP contribution in [-0.4, -0.2) is 53.0 Å². The van der Waals surface area contributed by atoms with Crippen molar-refractivity contribution in [2.45, 2.75) is 44.9 Å². The molecule has 25 heavy (non-hydrogen) atoms. The van der Waals surface area contributed by atoms with E-state index in [1.54, 1.807) is 17.9 Å². The fourth-order valence-corrected chi connectivity index (χ4v) is 2.80. The van der Waals surface area contributed by atoms with Crippen molar-refractivity contribution in [1.82, 2.24) is 20.8 Å². The Kier molecular flexibility index (Phi) is 8.27. The van der Waals surface area contributed by atoms with Crippen molar-refractivity contribution in [3.05, 3.63) is 18.0 Å². The van der Waals surface area contributed by atoms with Gasteiger partial charge in [0.05, 0.1) is 5.56 Å². The molecule has 0 atom stereocenters. The zero-order chi connectivity index (χ0) is 17.9. The van der Waals surface area contributed by atoms with E-state index < -0.39 is 0 Å². The zero-order valence-electron chi connectivity index (χ0n) is 14.5. The van der Waals surface area contributed by atoms with Gasteiger partial charge in [0.25, 0.3) is 0 Å². The van der Waals surface area contributed by atoms with Gasteiger partial charge >= 0.3 is 0 Å². The van der Waals surface area contributed by atoms with Gasteiger partial charge in [-0.3, -0.25) is 14.8 Å². The molecule has 1 aromatic rings. The molecule has 1 aliphatic heterocycles. The number of ketones is 1. The summed E-state index contributed by atoms with van der Waals surface area (Å²) in [5.74, 6) is 0.413. The zero-order valence-corrected chi connectivity index (χ0v) is 14.5. The van der Waals surface area contributed by atoms with Crippen LogP contribution in [0.2, 0.25) is 0 Å². The maximum atomic E-state index is 12.2. The second-order valence-corrected chi connectivity index (χ2v) is 6.23. The molecule has 1 fully saturated rings. The fourth-order valence-electron chi connectivity index (χ4n) is 2.80. The van der Waals surface area contributed by atoms with E-state index >= 15 is 0 Å². The predicted octanol–water partition coefficient (Wildman–Crippen LogP) is 1.31. The van der Waals surface area contributed by atoms with E-state index in [4.69, 9.17) is 5.21 Å². The largest absolute Gasteiger partial charge is 0.338 e. The number of Topliss-reactive ketones (excluding diaryl/α,β-unsaturated/α-hetero) is 1. The summed E-state index contributed by atoms with van der Waals surface area (Å²) in [4.78, 5) is 33.8. The van der Waals surface area contributed by atoms with E-state index in [1.165, 1.54) is 0 Å². The highest BCUT2D eigenvalue weighted by molar-refractivity contribution is 5.95. The summed E-state index contributed by atoms with van der Waals surface area (Å²) in [5.41, 5.74) is 2.19. The van der Waals surface area contributed by atoms with Crippen molar-refractivity contribution in [2.24, 2.45) is 0 Å². The number of piperazine rings is 1. The lowest BCUT2D eigenvalue weighted by atomic mass is 10.1. The van der Waals surface area contributed by atoms with Crippen molar-refractivity contribution in [3.8, 4) is 0 Å². The molecule has 2 heterocycles. The van der Waals surface area contributed by atoms with Crippen LogP contribution in [0.3, 0.4) is 0 Å². The first-order valence-electron chi connectivity index (χ1n) is 8.94. The van der Waals surface area contributed by atoms with Crippen LogP contribution >= 0.6 is 0 Å². The third-order valence-corrected chi connectivity index (χ3v) is 4.29. The minimum atomic E-state index is -0.348. The van der Waals surface area contributed by atoms with Crippen LogP contribution in [0.4, 0.5) is 5.95 Å². The molecule has 8 nitrogen and oxygen atoms in total. The monoisotopic (exact) mass is 349 g/mol. The van der Waals surface area contributed by atoms with Gasteiger partial charge in [0, 0.05) is 51.4 Å². The number of unbranched alkanes of at least 4 members (excludes halogenated alkanes) is 4. The maximum absolute atomic E-state index is 12.2. The predicted molar refractivity (Wildman–Crippen MR) is 93.7 cm³/mol. The van der Waals surface area contributed by atoms with E-state index in [9.17, 15) is 9.59 Å². The van der Waals surface area contributed by atoms with Crippen LogP contribution in [0.25, 0.3) is 0 Å². The van der Waals surface area contributed by atoms with Gasteiger partial charge in [-0.1, -0.05) is 19.3 Å². The highest BCUT2D eigenvalue weighted by Gasteiger charge is 2.14. The van der Waals surface area contributed by atoms with Gasteiger partial charge in [-0.05, 0) is 12.8 Å². The number of hydrogen-bond donors (Lipinski definition) is 3. The Morgan fingerprint density at radius 3 is 2.28 bits per heavy atom. The number of rotatable bonds is 10. The lowest BCUT2D eigenvalue weighted by Gasteiger charge is -2.27. The summed E-state index contributed by atoms with van der Waals surface area (Å²) in [6.07, 6.45) is 8.51. The van der Waals surface area contributed by atoms with E-state index in [2.05, 4.69) is 20.2 Å². The standard InChI is InChI=1S/C17H27N5O3/c23-15(6-4-2-1-3-5-7-16(24)21-25)14-12-19-17(20-13-14)22-10-8-18-9-11-22/h12-13,18,25H,1-11H2,(H,21,24). The Labute approximate surface area is 148 Å². The van der Waals surface area contributed by atoms with Crippen LogP contribution in [0.1, 0.15) is 55.3 Å². The van der Waals surface area contributed by atoms with E-state index in [-0.39, 0.29) is 11.7 Å². The number of nitrogens with zero attached hydrogens (tertiary/aromatic N) is 3. The Bertz CT molecular complexity index is 544. The Morgan fingerprint density at radius 1 is 1.04 bits per heavy atom. The van der Waals surface area contributed by atoms with Gasteiger partial charge in [-0.25, -0.2) is 15.4 Å². The third kappa shape index (κ3) is 6.75. The molecular weight excluding hydrogens is 322 g/mol. The molecule has 0 unspecified atom stereocenters. The number of aromatic nitrogens is 2. The summed E-state index contributed by atoms with van der Waals surface area (Å²) < 4.78 is 0. The lowest BCUT2D eigenvalue weighted by molar-refractivity contribution is -0.129. The minimum Gasteiger partial charge on any atom is -0.338 e. The maximum Gasteiger partial charge on any atom is 0.243 e. The summed E-state index contributed by atoms with van der Waals surface area (Å²) in [6.45, 7) is 3.62. The average Bonchev–Trinajstić information content (AvgIpc) is 2.67. The van der Waals surface area contributed by atoms with Crippen molar-refractivity contribution < 1.29 is 14.8 Å². The van der Waals surface area contributed by atoms with Crippen molar-refractivity contribution in [1.29, 1.82) is 0 Å². The van der Waals surface area contributed by atoms with Gasteiger partial charge in [0.15, 0.2) is 5.78 Å². The summed E-state index contributed by atoms with van der Waals surface area (Å²) in [5, 5.41) is 11.7. The molecule has 0 radical (unpaired) electrons. The number of carbonyl (C=O) groups is 2. The van der Waals surface area contributed by atoms with Crippen molar-refractivity contribution in [3.63, 3.8) is 0 Å². The van der Waals surface area contributed by atoms with Crippen molar-refractivity contribution >= 4 is 17.6 Å². The van der Waals surface area contributed by atoms with Crippen LogP contribution in [0, 0.1) is 0 Å². The first-order valence-corrected chi connectivity index (χ1v) is 8.94. The van der Waals surface area contributed by atoms with Crippen LogP contribution in [-0.2, 0) is 4.79 Å². The molecule has 1 amide bonds. The molecule has 0 bridgehead atoms. The number of carbonyl (C=O) groups excluding carboxylic acids is 2. The average molecular weight is 349 g/mol. The smallest absolute Gasteiger partial charge is 0.243 e. The molecule has 0 aromatic carbocycles. The molecule has 0 spiro atoms. The van der Waals surface area contributed by atoms with Gasteiger partial charge in [-0.2, -0.15) is 0 Å². The highest BCUT2D eigenvalue weighted by Crippen LogP contribution is 2.12. The number of amides is 1. The molecular formula is C17H27N5O3. The quantitative estimate of drug-likeness (QED) is 0.253. The summed E-state index contributed by atoms with van der Waals surface area (Å²) >= 11 is 0. The minimum absolute atomic E-state index is 0.0755. The Balaban J connectivity index is 1.63. The molecule has 0 saturated carbocycles. The van der Waals surface area contributed by atoms with E-state index in [0.29, 0.717) is 24.4 Å². The highest BCUT2D eigenvalue weighted by atomic mass is 16.5. The second-order valence-electron chi connectivity index (χ2n) is 6.23. The summed E-state index contributed by atoms with van der Waals surface area (Å²) in [7, 11) is 0. The van der Waals surface area contributed by atoms with Gasteiger partial charge < -0.3 is 10.2 Å². The molecule has 138 valence electrons. The van der Waals surface area contributed by atoms with Crippen LogP contribution < -0.4 is 15.7 Å². The first-order chi connectivity index (χ1) is 12.2. The Morgan fingerprint density at radius 2 is 1.64 bits per heavy atom. The third-order valence-electron chi connectivity index (χ3n) is 4.29. The van der Waals surface area contributed by atoms with Crippen LogP contribution in [0.5, 0.6) is 0 Å². The van der Waals surface area contributed by atoms with Crippen LogP contribution in [0.15, 0.2) is 12.4 Å². The van der Waals surface area contributed by atoms with E-state index in [0.717, 1.165) is 58.3 Å². The van der Waals surface area contributed by atoms with Gasteiger partial charge in [0.1, 0.15) is 0 Å².